The Kier molecular flexibility index (Phi) is 7.67. The van der Waals surface area contributed by atoms with Crippen molar-refractivity contribution in [2.75, 3.05) is 26.2 Å². The molecule has 4 heteroatoms. The van der Waals surface area contributed by atoms with Crippen molar-refractivity contribution in [2.24, 2.45) is 0 Å². The molecule has 1 N–H and O–H groups in total. The van der Waals surface area contributed by atoms with Gasteiger partial charge in [-0.1, -0.05) is 43.0 Å². The zero-order chi connectivity index (χ0) is 15.8. The molecule has 0 radical (unpaired) electrons. The molecule has 1 aromatic rings. The molecular weight excluding hydrogens is 298 g/mol. The smallest absolute Gasteiger partial charge is 0.0900 e. The summed E-state index contributed by atoms with van der Waals surface area (Å²) in [4.78, 5) is 2.38. The summed E-state index contributed by atoms with van der Waals surface area (Å²) >= 11 is 5.89. The van der Waals surface area contributed by atoms with Gasteiger partial charge in [-0.2, -0.15) is 0 Å². The third-order valence-electron chi connectivity index (χ3n) is 4.30. The van der Waals surface area contributed by atoms with E-state index >= 15 is 0 Å². The van der Waals surface area contributed by atoms with Gasteiger partial charge in [-0.15, -0.1) is 0 Å². The lowest BCUT2D eigenvalue weighted by molar-refractivity contribution is -0.0164. The molecule has 2 rings (SSSR count). The fraction of sp³-hybridized carbons (Fsp3) is 0.667. The summed E-state index contributed by atoms with van der Waals surface area (Å²) in [7, 11) is 0. The van der Waals surface area contributed by atoms with Crippen molar-refractivity contribution < 1.29 is 9.84 Å². The van der Waals surface area contributed by atoms with E-state index in [2.05, 4.69) is 4.90 Å². The summed E-state index contributed by atoms with van der Waals surface area (Å²) in [6.45, 7) is 5.30. The first-order valence-corrected chi connectivity index (χ1v) is 8.80. The van der Waals surface area contributed by atoms with E-state index in [9.17, 15) is 5.11 Å². The van der Waals surface area contributed by atoms with E-state index in [4.69, 9.17) is 16.3 Å². The second-order valence-electron chi connectivity index (χ2n) is 6.25. The number of hydrogen-bond acceptors (Lipinski definition) is 3. The molecule has 0 spiro atoms. The van der Waals surface area contributed by atoms with E-state index in [0.29, 0.717) is 13.2 Å². The number of aliphatic hydroxyl groups is 1. The summed E-state index contributed by atoms with van der Waals surface area (Å²) in [6.07, 6.45) is 6.03. The summed E-state index contributed by atoms with van der Waals surface area (Å²) < 4.78 is 5.81. The molecule has 0 aromatic heterocycles. The topological polar surface area (TPSA) is 32.7 Å². The predicted octanol–water partition coefficient (Wildman–Crippen LogP) is 4.04. The number of nitrogens with zero attached hydrogens (tertiary/aromatic N) is 1. The number of hydrogen-bond donors (Lipinski definition) is 1. The molecule has 2 atom stereocenters. The van der Waals surface area contributed by atoms with E-state index in [1.165, 1.54) is 32.1 Å². The predicted molar refractivity (Wildman–Crippen MR) is 91.4 cm³/mol. The molecular formula is C18H28ClNO2. The standard InChI is InChI=1S/C18H28ClNO2/c1-15(16-7-9-17(19)10-8-16)22-14-18(21)13-20-11-5-3-2-4-6-12-20/h7-10,15,18,21H,2-6,11-14H2,1H3/t15-,18+/m0/s1. The van der Waals surface area contributed by atoms with Crippen molar-refractivity contribution in [3.8, 4) is 0 Å². The van der Waals surface area contributed by atoms with Crippen LogP contribution in [0.15, 0.2) is 24.3 Å². The van der Waals surface area contributed by atoms with Gasteiger partial charge in [-0.25, -0.2) is 0 Å². The lowest BCUT2D eigenvalue weighted by Crippen LogP contribution is -2.37. The number of halogens is 1. The van der Waals surface area contributed by atoms with Crippen LogP contribution in [0.2, 0.25) is 5.02 Å². The molecule has 22 heavy (non-hydrogen) atoms. The largest absolute Gasteiger partial charge is 0.389 e. The minimum Gasteiger partial charge on any atom is -0.389 e. The molecule has 1 aliphatic heterocycles. The number of ether oxygens (including phenoxy) is 1. The fourth-order valence-electron chi connectivity index (χ4n) is 2.93. The Morgan fingerprint density at radius 2 is 1.68 bits per heavy atom. The van der Waals surface area contributed by atoms with Gasteiger partial charge < -0.3 is 14.7 Å². The maximum absolute atomic E-state index is 10.2. The molecule has 0 unspecified atom stereocenters. The van der Waals surface area contributed by atoms with Crippen molar-refractivity contribution in [3.05, 3.63) is 34.9 Å². The summed E-state index contributed by atoms with van der Waals surface area (Å²) in [5.41, 5.74) is 1.09. The molecule has 124 valence electrons. The van der Waals surface area contributed by atoms with Crippen molar-refractivity contribution in [2.45, 2.75) is 51.2 Å². The summed E-state index contributed by atoms with van der Waals surface area (Å²) in [5.74, 6) is 0. The zero-order valence-corrected chi connectivity index (χ0v) is 14.3. The lowest BCUT2D eigenvalue weighted by atomic mass is 10.1. The average molecular weight is 326 g/mol. The van der Waals surface area contributed by atoms with Crippen molar-refractivity contribution in [3.63, 3.8) is 0 Å². The van der Waals surface area contributed by atoms with Gasteiger partial charge in [0.1, 0.15) is 0 Å². The van der Waals surface area contributed by atoms with Crippen molar-refractivity contribution in [1.82, 2.24) is 4.90 Å². The molecule has 0 saturated carbocycles. The van der Waals surface area contributed by atoms with Crippen LogP contribution in [0.1, 0.15) is 50.7 Å². The Hall–Kier alpha value is -0.610. The minimum atomic E-state index is -0.422. The Labute approximate surface area is 139 Å². The van der Waals surface area contributed by atoms with Gasteiger partial charge in [0.05, 0.1) is 18.8 Å². The van der Waals surface area contributed by atoms with E-state index < -0.39 is 6.10 Å². The zero-order valence-electron chi connectivity index (χ0n) is 13.5. The highest BCUT2D eigenvalue weighted by Crippen LogP contribution is 2.19. The van der Waals surface area contributed by atoms with E-state index in [-0.39, 0.29) is 6.10 Å². The Morgan fingerprint density at radius 1 is 1.09 bits per heavy atom. The molecule has 0 aliphatic carbocycles. The van der Waals surface area contributed by atoms with Crippen LogP contribution in [-0.2, 0) is 4.74 Å². The number of β-amino-alcohol motifs (C(OH)–C–C–N with tert-alkyl or cyclic N) is 1. The van der Waals surface area contributed by atoms with E-state index in [1.807, 2.05) is 31.2 Å². The first-order valence-electron chi connectivity index (χ1n) is 8.42. The first kappa shape index (κ1) is 17.7. The Morgan fingerprint density at radius 3 is 2.32 bits per heavy atom. The first-order chi connectivity index (χ1) is 10.6. The van der Waals surface area contributed by atoms with Gasteiger partial charge in [0, 0.05) is 11.6 Å². The van der Waals surface area contributed by atoms with Gasteiger partial charge in [0.2, 0.25) is 0 Å². The van der Waals surface area contributed by atoms with Crippen LogP contribution < -0.4 is 0 Å². The molecule has 3 nitrogen and oxygen atoms in total. The second-order valence-corrected chi connectivity index (χ2v) is 6.69. The van der Waals surface area contributed by atoms with Crippen LogP contribution in [0.4, 0.5) is 0 Å². The maximum atomic E-state index is 10.2. The highest BCUT2D eigenvalue weighted by molar-refractivity contribution is 6.30. The average Bonchev–Trinajstić information content (AvgIpc) is 2.48. The van der Waals surface area contributed by atoms with E-state index in [0.717, 1.165) is 23.7 Å². The number of aliphatic hydroxyl groups excluding tert-OH is 1. The maximum Gasteiger partial charge on any atom is 0.0900 e. The van der Waals surface area contributed by atoms with Crippen LogP contribution in [0.25, 0.3) is 0 Å². The Bertz CT molecular complexity index is 416. The lowest BCUT2D eigenvalue weighted by Gasteiger charge is -2.27. The third kappa shape index (κ3) is 6.25. The SMILES string of the molecule is C[C@H](OC[C@H](O)CN1CCCCCCC1)c1ccc(Cl)cc1. The number of rotatable bonds is 6. The van der Waals surface area contributed by atoms with Crippen LogP contribution in [0, 0.1) is 0 Å². The van der Waals surface area contributed by atoms with Gasteiger partial charge in [0.15, 0.2) is 0 Å². The minimum absolute atomic E-state index is 0.0285. The Balaban J connectivity index is 1.71. The summed E-state index contributed by atoms with van der Waals surface area (Å²) in [6, 6.07) is 7.68. The fourth-order valence-corrected chi connectivity index (χ4v) is 3.06. The van der Waals surface area contributed by atoms with Crippen molar-refractivity contribution >= 4 is 11.6 Å². The quantitative estimate of drug-likeness (QED) is 0.856. The molecule has 0 amide bonds. The summed E-state index contributed by atoms with van der Waals surface area (Å²) in [5, 5.41) is 10.9. The molecule has 1 saturated heterocycles. The van der Waals surface area contributed by atoms with Gasteiger partial charge in [-0.3, -0.25) is 0 Å². The van der Waals surface area contributed by atoms with Crippen LogP contribution in [0.5, 0.6) is 0 Å². The second kappa shape index (κ2) is 9.51. The monoisotopic (exact) mass is 325 g/mol. The van der Waals surface area contributed by atoms with Crippen LogP contribution in [-0.4, -0.2) is 42.4 Å². The highest BCUT2D eigenvalue weighted by Gasteiger charge is 2.15. The highest BCUT2D eigenvalue weighted by atomic mass is 35.5. The normalized spacial score (nSPS) is 20.1. The molecule has 1 aliphatic rings. The molecule has 1 aromatic carbocycles. The molecule has 0 bridgehead atoms. The third-order valence-corrected chi connectivity index (χ3v) is 4.55. The number of benzene rings is 1. The molecule has 1 heterocycles. The van der Waals surface area contributed by atoms with Crippen LogP contribution >= 0.6 is 11.6 Å². The van der Waals surface area contributed by atoms with Gasteiger partial charge in [0.25, 0.3) is 0 Å². The number of likely N-dealkylation sites (tertiary alicyclic amines) is 1. The van der Waals surface area contributed by atoms with Crippen molar-refractivity contribution in [1.29, 1.82) is 0 Å². The van der Waals surface area contributed by atoms with Gasteiger partial charge in [-0.05, 0) is 50.6 Å². The van der Waals surface area contributed by atoms with E-state index in [1.54, 1.807) is 0 Å². The van der Waals surface area contributed by atoms with Gasteiger partial charge >= 0.3 is 0 Å². The molecule has 1 fully saturated rings. The van der Waals surface area contributed by atoms with Crippen LogP contribution in [0.3, 0.4) is 0 Å².